The molecular formula is C38H51N2O12S4+. The van der Waals surface area contributed by atoms with Crippen molar-refractivity contribution in [2.45, 2.75) is 82.4 Å². The van der Waals surface area contributed by atoms with Crippen LogP contribution in [0, 0.1) is 6.92 Å². The maximum Gasteiger partial charge on any atom is 0.265 e. The van der Waals surface area contributed by atoms with E-state index in [0.29, 0.717) is 36.4 Å². The Morgan fingerprint density at radius 1 is 0.821 bits per heavy atom. The summed E-state index contributed by atoms with van der Waals surface area (Å²) < 4.78 is 104. The van der Waals surface area contributed by atoms with E-state index in [2.05, 4.69) is 38.8 Å². The maximum atomic E-state index is 11.8. The number of fused-ring (bicyclic) bond motifs is 2. The van der Waals surface area contributed by atoms with Crippen molar-refractivity contribution in [2.75, 3.05) is 35.2 Å². The van der Waals surface area contributed by atoms with Crippen LogP contribution in [-0.4, -0.2) is 84.8 Å². The largest absolute Gasteiger partial charge is 0.344 e. The van der Waals surface area contributed by atoms with Gasteiger partial charge >= 0.3 is 0 Å². The van der Waals surface area contributed by atoms with Crippen LogP contribution in [0.4, 0.5) is 11.4 Å². The van der Waals surface area contributed by atoms with Gasteiger partial charge in [0.05, 0.1) is 34.7 Å². The molecule has 0 radical (unpaired) electrons. The third-order valence-corrected chi connectivity index (χ3v) is 12.8. The molecule has 0 aromatic heterocycles. The molecule has 0 saturated heterocycles. The second kappa shape index (κ2) is 18.6. The van der Waals surface area contributed by atoms with Gasteiger partial charge in [-0.3, -0.25) is 13.7 Å². The number of unbranched alkanes of at least 4 members (excludes halogenated alkanes) is 2. The van der Waals surface area contributed by atoms with E-state index in [4.69, 9.17) is 5.26 Å². The highest BCUT2D eigenvalue weighted by molar-refractivity contribution is 7.94. The molecule has 308 valence electrons. The van der Waals surface area contributed by atoms with Crippen LogP contribution in [0.15, 0.2) is 89.0 Å². The Morgan fingerprint density at radius 2 is 1.48 bits per heavy atom. The Bertz CT molecular complexity index is 2260. The zero-order valence-corrected chi connectivity index (χ0v) is 35.3. The lowest BCUT2D eigenvalue weighted by molar-refractivity contribution is -0.438. The summed E-state index contributed by atoms with van der Waals surface area (Å²) in [5.41, 5.74) is 6.42. The van der Waals surface area contributed by atoms with Gasteiger partial charge in [-0.2, -0.15) is 29.8 Å². The summed E-state index contributed by atoms with van der Waals surface area (Å²) in [5, 5.41) is 12.4. The Hall–Kier alpha value is -3.17. The van der Waals surface area contributed by atoms with E-state index in [-0.39, 0.29) is 30.8 Å². The quantitative estimate of drug-likeness (QED) is 0.0199. The third kappa shape index (κ3) is 12.4. The highest BCUT2D eigenvalue weighted by Crippen LogP contribution is 2.48. The molecule has 14 nitrogen and oxygen atoms in total. The van der Waals surface area contributed by atoms with Gasteiger partial charge in [0.15, 0.2) is 5.71 Å². The number of anilines is 1. The molecular weight excluding hydrogens is 805 g/mol. The minimum atomic E-state index is -4.28. The van der Waals surface area contributed by atoms with Crippen LogP contribution in [0.25, 0.3) is 0 Å². The monoisotopic (exact) mass is 855 g/mol. The SMILES string of the molecule is Cc1ccc2c(c1)C(C)(C)/C(=C\C=CC(=CC=CC1=[N+](CCCCS(=O)(=O)O)c3ccc(SOOO)cc3C1(C)C)CCS(=O)(=O)O)N2CCCCS(=O)(=O)O. The van der Waals surface area contributed by atoms with Gasteiger partial charge in [-0.05, 0) is 81.9 Å². The normalized spacial score (nSPS) is 17.8. The van der Waals surface area contributed by atoms with Crippen LogP contribution in [0.5, 0.6) is 0 Å². The first-order chi connectivity index (χ1) is 26.0. The molecule has 4 rings (SSSR count). The van der Waals surface area contributed by atoms with Crippen LogP contribution in [-0.2, 0) is 50.6 Å². The lowest BCUT2D eigenvalue weighted by atomic mass is 9.81. The number of aryl methyl sites for hydroxylation is 1. The van der Waals surface area contributed by atoms with Crippen LogP contribution in [0.2, 0.25) is 0 Å². The fourth-order valence-electron chi connectivity index (χ4n) is 7.14. The first kappa shape index (κ1) is 45.5. The zero-order chi connectivity index (χ0) is 41.5. The Morgan fingerprint density at radius 3 is 2.12 bits per heavy atom. The number of benzene rings is 2. The van der Waals surface area contributed by atoms with Crippen LogP contribution in [0.1, 0.15) is 76.5 Å². The fourth-order valence-corrected chi connectivity index (χ4v) is 9.17. The summed E-state index contributed by atoms with van der Waals surface area (Å²) in [7, 11) is -12.5. The van der Waals surface area contributed by atoms with Crippen molar-refractivity contribution >= 4 is 59.5 Å². The predicted molar refractivity (Wildman–Crippen MR) is 218 cm³/mol. The van der Waals surface area contributed by atoms with Gasteiger partial charge in [-0.15, -0.1) is 4.33 Å². The van der Waals surface area contributed by atoms with Gasteiger partial charge in [0.1, 0.15) is 6.54 Å². The second-order valence-corrected chi connectivity index (χ2v) is 20.4. The summed E-state index contributed by atoms with van der Waals surface area (Å²) >= 11 is 0.824. The molecule has 0 amide bonds. The standard InChI is InChI=1S/C38H50N2O12S4/c1-28-16-18-33-31(26-28)37(2,3)35(39(33)21-6-8-23-54(42,43)44)14-10-12-29(20-25-56(48,49)50)13-11-15-36-38(4,5)32-27-30(53-52-51-41)17-19-34(32)40(36)22-7-9-24-55(45,46)47/h10-19,26-27H,6-9,20-25H2,1-5H3,(H3-,41,42,43,44,45,46,47,48,49,50)/p+1. The average Bonchev–Trinajstić information content (AvgIpc) is 3.42. The molecule has 56 heavy (non-hydrogen) atoms. The van der Waals surface area contributed by atoms with E-state index < -0.39 is 46.9 Å². The molecule has 2 aromatic rings. The van der Waals surface area contributed by atoms with Gasteiger partial charge in [0.25, 0.3) is 30.4 Å². The molecule has 2 aliphatic rings. The minimum absolute atomic E-state index is 0.0107. The Labute approximate surface area is 334 Å². The summed E-state index contributed by atoms with van der Waals surface area (Å²) in [6.45, 7) is 11.2. The van der Waals surface area contributed by atoms with Crippen molar-refractivity contribution in [3.8, 4) is 0 Å². The number of hydrogen-bond donors (Lipinski definition) is 4. The van der Waals surface area contributed by atoms with Gasteiger partial charge < -0.3 is 4.90 Å². The van der Waals surface area contributed by atoms with Crippen molar-refractivity contribution in [1.29, 1.82) is 0 Å². The number of hydrogen-bond acceptors (Lipinski definition) is 11. The van der Waals surface area contributed by atoms with Crippen LogP contribution in [0.3, 0.4) is 0 Å². The summed E-state index contributed by atoms with van der Waals surface area (Å²) in [6, 6.07) is 11.8. The molecule has 18 heteroatoms. The molecule has 0 aliphatic carbocycles. The molecule has 2 aromatic carbocycles. The fraction of sp³-hybridized carbons (Fsp3) is 0.447. The maximum absolute atomic E-state index is 11.8. The van der Waals surface area contributed by atoms with E-state index in [1.807, 2.05) is 63.3 Å². The van der Waals surface area contributed by atoms with Gasteiger partial charge in [-0.25, -0.2) is 5.26 Å². The minimum Gasteiger partial charge on any atom is -0.344 e. The van der Waals surface area contributed by atoms with E-state index in [0.717, 1.165) is 51.5 Å². The summed E-state index contributed by atoms with van der Waals surface area (Å²) in [6.07, 6.45) is 12.5. The highest BCUT2D eigenvalue weighted by atomic mass is 32.2. The molecule has 4 N–H and O–H groups in total. The molecule has 0 atom stereocenters. The van der Waals surface area contributed by atoms with E-state index in [1.165, 1.54) is 0 Å². The molecule has 0 spiro atoms. The lowest BCUT2D eigenvalue weighted by Crippen LogP contribution is -2.28. The molecule has 0 fully saturated rings. The predicted octanol–water partition coefficient (Wildman–Crippen LogP) is 7.13. The molecule has 2 aliphatic heterocycles. The summed E-state index contributed by atoms with van der Waals surface area (Å²) in [5.74, 6) is -1.20. The number of rotatable bonds is 20. The number of allylic oxidation sites excluding steroid dienone is 8. The van der Waals surface area contributed by atoms with Gasteiger partial charge in [0, 0.05) is 52.4 Å². The van der Waals surface area contributed by atoms with Crippen LogP contribution < -0.4 is 4.90 Å². The average molecular weight is 856 g/mol. The zero-order valence-electron chi connectivity index (χ0n) is 32.1. The van der Waals surface area contributed by atoms with E-state index >= 15 is 0 Å². The van der Waals surface area contributed by atoms with Crippen molar-refractivity contribution < 1.29 is 58.1 Å². The van der Waals surface area contributed by atoms with Gasteiger partial charge in [-0.1, -0.05) is 60.9 Å². The highest BCUT2D eigenvalue weighted by Gasteiger charge is 2.44. The second-order valence-electron chi connectivity index (χ2n) is 14.9. The molecule has 0 unspecified atom stereocenters. The molecule has 0 bridgehead atoms. The van der Waals surface area contributed by atoms with Crippen molar-refractivity contribution in [3.63, 3.8) is 0 Å². The third-order valence-electron chi connectivity index (χ3n) is 9.92. The summed E-state index contributed by atoms with van der Waals surface area (Å²) in [4.78, 5) is 2.80. The Kier molecular flexibility index (Phi) is 15.1. The van der Waals surface area contributed by atoms with E-state index in [9.17, 15) is 38.9 Å². The van der Waals surface area contributed by atoms with E-state index in [1.54, 1.807) is 24.3 Å². The Balaban J connectivity index is 1.70. The number of nitrogens with zero attached hydrogens (tertiary/aromatic N) is 2. The van der Waals surface area contributed by atoms with Crippen molar-refractivity contribution in [3.05, 3.63) is 101 Å². The topological polar surface area (TPSA) is 208 Å². The first-order valence-electron chi connectivity index (χ1n) is 18.0. The molecule has 2 heterocycles. The first-order valence-corrected chi connectivity index (χ1v) is 23.5. The smallest absolute Gasteiger partial charge is 0.265 e. The van der Waals surface area contributed by atoms with Gasteiger partial charge in [0.2, 0.25) is 5.69 Å². The van der Waals surface area contributed by atoms with Crippen molar-refractivity contribution in [2.24, 2.45) is 0 Å². The molecule has 0 saturated carbocycles. The lowest BCUT2D eigenvalue weighted by Gasteiger charge is -2.27. The van der Waals surface area contributed by atoms with Crippen molar-refractivity contribution in [1.82, 2.24) is 0 Å². The van der Waals surface area contributed by atoms with Crippen LogP contribution >= 0.6 is 12.0 Å².